The number of carbonyl (C=O) groups is 1. The first-order chi connectivity index (χ1) is 9.61. The molecule has 108 valence electrons. The van der Waals surface area contributed by atoms with Gasteiger partial charge in [-0.3, -0.25) is 9.59 Å². The van der Waals surface area contributed by atoms with Crippen molar-refractivity contribution in [3.63, 3.8) is 0 Å². The van der Waals surface area contributed by atoms with Gasteiger partial charge < -0.3 is 15.4 Å². The maximum Gasteiger partial charge on any atom is 0.327 e. The first-order valence-corrected chi connectivity index (χ1v) is 6.79. The third-order valence-electron chi connectivity index (χ3n) is 3.91. The number of halogens is 1. The van der Waals surface area contributed by atoms with Gasteiger partial charge in [0.1, 0.15) is 11.6 Å². The van der Waals surface area contributed by atoms with E-state index in [1.807, 2.05) is 0 Å². The number of fused-ring (bicyclic) bond motifs is 1. The molecule has 1 saturated carbocycles. The Hall–Kier alpha value is -1.60. The second kappa shape index (κ2) is 5.06. The lowest BCUT2D eigenvalue weighted by atomic mass is 10.4. The molecule has 1 aliphatic carbocycles. The van der Waals surface area contributed by atoms with Crippen LogP contribution in [0.2, 0.25) is 5.02 Å². The summed E-state index contributed by atoms with van der Waals surface area (Å²) in [4.78, 5) is 23.2. The monoisotopic (exact) mass is 298 g/mol. The number of esters is 1. The Bertz CT molecular complexity index is 593. The fourth-order valence-electron chi connectivity index (χ4n) is 2.68. The van der Waals surface area contributed by atoms with Gasteiger partial charge in [0, 0.05) is 19.1 Å². The number of anilines is 1. The fraction of sp³-hybridized carbons (Fsp3) is 0.583. The van der Waals surface area contributed by atoms with Crippen LogP contribution in [0, 0.1) is 11.8 Å². The van der Waals surface area contributed by atoms with Crippen molar-refractivity contribution in [1.82, 2.24) is 15.1 Å². The summed E-state index contributed by atoms with van der Waals surface area (Å²) in [5.41, 5.74) is 0.0307. The van der Waals surface area contributed by atoms with E-state index in [9.17, 15) is 9.59 Å². The molecule has 2 fully saturated rings. The van der Waals surface area contributed by atoms with Gasteiger partial charge in [-0.1, -0.05) is 11.6 Å². The number of hydrogen-bond acceptors (Lipinski definition) is 6. The summed E-state index contributed by atoms with van der Waals surface area (Å²) >= 11 is 6.05. The molecule has 1 aliphatic heterocycles. The van der Waals surface area contributed by atoms with Crippen molar-refractivity contribution in [2.75, 3.05) is 25.5 Å². The average molecular weight is 299 g/mol. The van der Waals surface area contributed by atoms with Gasteiger partial charge in [-0.05, 0) is 11.8 Å². The van der Waals surface area contributed by atoms with Gasteiger partial charge in [0.2, 0.25) is 0 Å². The molecular formula is C12H15ClN4O3. The number of carbonyl (C=O) groups excluding carboxylic acids is 1. The minimum absolute atomic E-state index is 0.0573. The Morgan fingerprint density at radius 1 is 1.60 bits per heavy atom. The first kappa shape index (κ1) is 13.4. The molecule has 2 unspecified atom stereocenters. The quantitative estimate of drug-likeness (QED) is 0.742. The standard InChI is InChI=1S/C12H15ClN4O3/c1-20-9(18)5-17-12(19)10(13)8(4-15-17)16-11-6-2-14-3-7(6)11/h4,6-7,11,14,16H,2-3,5H2,1H3. The van der Waals surface area contributed by atoms with E-state index in [1.54, 1.807) is 0 Å². The van der Waals surface area contributed by atoms with E-state index in [-0.39, 0.29) is 11.6 Å². The number of nitrogens with one attached hydrogen (secondary N) is 2. The van der Waals surface area contributed by atoms with Gasteiger partial charge in [0.05, 0.1) is 19.0 Å². The lowest BCUT2D eigenvalue weighted by Crippen LogP contribution is -2.29. The Kier molecular flexibility index (Phi) is 3.39. The highest BCUT2D eigenvalue weighted by molar-refractivity contribution is 6.32. The van der Waals surface area contributed by atoms with Gasteiger partial charge in [-0.25, -0.2) is 4.68 Å². The van der Waals surface area contributed by atoms with E-state index in [4.69, 9.17) is 11.6 Å². The Labute approximate surface area is 120 Å². The van der Waals surface area contributed by atoms with Crippen LogP contribution in [0.4, 0.5) is 5.69 Å². The van der Waals surface area contributed by atoms with Gasteiger partial charge in [0.25, 0.3) is 5.56 Å². The number of rotatable bonds is 4. The molecule has 2 heterocycles. The van der Waals surface area contributed by atoms with Crippen LogP contribution in [-0.2, 0) is 16.1 Å². The third kappa shape index (κ3) is 2.27. The summed E-state index contributed by atoms with van der Waals surface area (Å²) < 4.78 is 5.49. The molecular weight excluding hydrogens is 284 g/mol. The molecule has 7 nitrogen and oxygen atoms in total. The number of hydrogen-bond donors (Lipinski definition) is 2. The van der Waals surface area contributed by atoms with Crippen LogP contribution in [-0.4, -0.2) is 42.0 Å². The zero-order valence-electron chi connectivity index (χ0n) is 10.9. The molecule has 0 radical (unpaired) electrons. The molecule has 0 aromatic carbocycles. The molecule has 2 N–H and O–H groups in total. The van der Waals surface area contributed by atoms with E-state index in [0.29, 0.717) is 23.6 Å². The molecule has 0 bridgehead atoms. The summed E-state index contributed by atoms with van der Waals surface area (Å²) in [5, 5.41) is 10.6. The number of nitrogens with zero attached hydrogens (tertiary/aromatic N) is 2. The van der Waals surface area contributed by atoms with Crippen molar-refractivity contribution in [2.45, 2.75) is 12.6 Å². The molecule has 3 rings (SSSR count). The first-order valence-electron chi connectivity index (χ1n) is 6.41. The maximum absolute atomic E-state index is 12.0. The predicted molar refractivity (Wildman–Crippen MR) is 72.8 cm³/mol. The minimum Gasteiger partial charge on any atom is -0.468 e. The number of piperidine rings is 1. The Balaban J connectivity index is 1.75. The van der Waals surface area contributed by atoms with Crippen LogP contribution in [0.3, 0.4) is 0 Å². The molecule has 0 amide bonds. The van der Waals surface area contributed by atoms with Crippen molar-refractivity contribution in [2.24, 2.45) is 11.8 Å². The predicted octanol–water partition coefficient (Wildman–Crippen LogP) is -0.301. The highest BCUT2D eigenvalue weighted by Crippen LogP contribution is 2.44. The summed E-state index contributed by atoms with van der Waals surface area (Å²) in [6, 6.07) is 0.353. The lowest BCUT2D eigenvalue weighted by Gasteiger charge is -2.11. The van der Waals surface area contributed by atoms with E-state index in [0.717, 1.165) is 17.8 Å². The number of aromatic nitrogens is 2. The van der Waals surface area contributed by atoms with Gasteiger partial charge in [-0.15, -0.1) is 0 Å². The van der Waals surface area contributed by atoms with Crippen LogP contribution < -0.4 is 16.2 Å². The highest BCUT2D eigenvalue weighted by atomic mass is 35.5. The molecule has 2 aliphatic rings. The average Bonchev–Trinajstić information content (AvgIpc) is 2.87. The molecule has 8 heteroatoms. The summed E-state index contributed by atoms with van der Waals surface area (Å²) in [6.45, 7) is 1.74. The SMILES string of the molecule is COC(=O)Cn1ncc(NC2C3CNCC32)c(Cl)c1=O. The number of ether oxygens (including phenoxy) is 1. The summed E-state index contributed by atoms with van der Waals surface area (Å²) in [5.74, 6) is 0.659. The highest BCUT2D eigenvalue weighted by Gasteiger charge is 2.53. The number of methoxy groups -OCH3 is 1. The van der Waals surface area contributed by atoms with Crippen molar-refractivity contribution in [3.05, 3.63) is 21.6 Å². The molecule has 1 aromatic rings. The van der Waals surface area contributed by atoms with E-state index >= 15 is 0 Å². The Morgan fingerprint density at radius 2 is 2.30 bits per heavy atom. The summed E-state index contributed by atoms with van der Waals surface area (Å²) in [6.07, 6.45) is 1.48. The smallest absolute Gasteiger partial charge is 0.327 e. The maximum atomic E-state index is 12.0. The second-order valence-electron chi connectivity index (χ2n) is 5.07. The van der Waals surface area contributed by atoms with Crippen molar-refractivity contribution < 1.29 is 9.53 Å². The lowest BCUT2D eigenvalue weighted by molar-refractivity contribution is -0.141. The largest absolute Gasteiger partial charge is 0.468 e. The van der Waals surface area contributed by atoms with Crippen LogP contribution in [0.1, 0.15) is 0 Å². The van der Waals surface area contributed by atoms with Crippen LogP contribution in [0.15, 0.2) is 11.0 Å². The van der Waals surface area contributed by atoms with E-state index in [1.165, 1.54) is 13.3 Å². The Morgan fingerprint density at radius 3 is 2.95 bits per heavy atom. The summed E-state index contributed by atoms with van der Waals surface area (Å²) in [7, 11) is 1.25. The molecule has 0 spiro atoms. The fourth-order valence-corrected chi connectivity index (χ4v) is 2.88. The van der Waals surface area contributed by atoms with Gasteiger partial charge >= 0.3 is 5.97 Å². The van der Waals surface area contributed by atoms with E-state index < -0.39 is 11.5 Å². The zero-order chi connectivity index (χ0) is 14.3. The third-order valence-corrected chi connectivity index (χ3v) is 4.27. The normalized spacial score (nSPS) is 27.0. The van der Waals surface area contributed by atoms with Gasteiger partial charge in [0.15, 0.2) is 0 Å². The van der Waals surface area contributed by atoms with Crippen molar-refractivity contribution in [1.29, 1.82) is 0 Å². The van der Waals surface area contributed by atoms with Crippen LogP contribution in [0.5, 0.6) is 0 Å². The van der Waals surface area contributed by atoms with Gasteiger partial charge in [-0.2, -0.15) is 5.10 Å². The molecule has 20 heavy (non-hydrogen) atoms. The molecule has 2 atom stereocenters. The topological polar surface area (TPSA) is 85.2 Å². The van der Waals surface area contributed by atoms with Crippen molar-refractivity contribution >= 4 is 23.3 Å². The van der Waals surface area contributed by atoms with Crippen molar-refractivity contribution in [3.8, 4) is 0 Å². The molecule has 1 aromatic heterocycles. The van der Waals surface area contributed by atoms with E-state index in [2.05, 4.69) is 20.5 Å². The van der Waals surface area contributed by atoms with Crippen LogP contribution >= 0.6 is 11.6 Å². The second-order valence-corrected chi connectivity index (χ2v) is 5.45. The zero-order valence-corrected chi connectivity index (χ0v) is 11.7. The van der Waals surface area contributed by atoms with Crippen LogP contribution in [0.25, 0.3) is 0 Å². The molecule has 1 saturated heterocycles. The minimum atomic E-state index is -0.542.